The molecule has 0 saturated heterocycles. The Hall–Kier alpha value is -1.28. The molecule has 1 aliphatic rings. The summed E-state index contributed by atoms with van der Waals surface area (Å²) >= 11 is 0. The highest BCUT2D eigenvalue weighted by Gasteiger charge is 2.22. The topological polar surface area (TPSA) is 30.9 Å². The van der Waals surface area contributed by atoms with Gasteiger partial charge in [0.1, 0.15) is 0 Å². The van der Waals surface area contributed by atoms with Gasteiger partial charge in [0.2, 0.25) is 0 Å². The molecule has 2 N–H and O–H groups in total. The number of para-hydroxylation sites is 1. The molecular formula is C14H18N2. The van der Waals surface area contributed by atoms with Crippen LogP contribution in [0.25, 0.3) is 10.9 Å². The largest absolute Gasteiger partial charge is 0.347 e. The van der Waals surface area contributed by atoms with E-state index in [1.165, 1.54) is 29.4 Å². The summed E-state index contributed by atoms with van der Waals surface area (Å²) in [5, 5.41) is 1.43. The van der Waals surface area contributed by atoms with Crippen molar-refractivity contribution in [2.75, 3.05) is 6.54 Å². The lowest BCUT2D eigenvalue weighted by Crippen LogP contribution is -2.22. The van der Waals surface area contributed by atoms with Crippen LogP contribution >= 0.6 is 0 Å². The van der Waals surface area contributed by atoms with Crippen LogP contribution in [0.4, 0.5) is 0 Å². The van der Waals surface area contributed by atoms with Gasteiger partial charge in [-0.05, 0) is 43.4 Å². The molecule has 1 aromatic carbocycles. The Morgan fingerprint density at radius 2 is 2.19 bits per heavy atom. The lowest BCUT2D eigenvalue weighted by molar-refractivity contribution is 0.462. The fourth-order valence-electron chi connectivity index (χ4n) is 3.00. The Morgan fingerprint density at radius 3 is 3.00 bits per heavy atom. The highest BCUT2D eigenvalue weighted by molar-refractivity contribution is 5.85. The summed E-state index contributed by atoms with van der Waals surface area (Å²) in [6, 6.07) is 8.71. The second-order valence-electron chi connectivity index (χ2n) is 4.85. The van der Waals surface area contributed by atoms with Gasteiger partial charge in [-0.2, -0.15) is 0 Å². The Labute approximate surface area is 96.1 Å². The minimum Gasteiger partial charge on any atom is -0.347 e. The summed E-state index contributed by atoms with van der Waals surface area (Å²) in [7, 11) is 2.18. The fraction of sp³-hybridized carbons (Fsp3) is 0.429. The van der Waals surface area contributed by atoms with Crippen molar-refractivity contribution < 1.29 is 0 Å². The molecule has 0 spiro atoms. The van der Waals surface area contributed by atoms with Crippen molar-refractivity contribution in [1.29, 1.82) is 0 Å². The molecule has 2 nitrogen and oxygen atoms in total. The zero-order valence-corrected chi connectivity index (χ0v) is 9.74. The van der Waals surface area contributed by atoms with Crippen LogP contribution in [0.15, 0.2) is 24.3 Å². The van der Waals surface area contributed by atoms with E-state index in [9.17, 15) is 0 Å². The monoisotopic (exact) mass is 214 g/mol. The maximum absolute atomic E-state index is 5.80. The first-order chi connectivity index (χ1) is 7.81. The van der Waals surface area contributed by atoms with Gasteiger partial charge in [0.15, 0.2) is 0 Å². The summed E-state index contributed by atoms with van der Waals surface area (Å²) < 4.78 is 2.36. The van der Waals surface area contributed by atoms with Gasteiger partial charge in [0, 0.05) is 23.6 Å². The summed E-state index contributed by atoms with van der Waals surface area (Å²) in [4.78, 5) is 0. The third-order valence-corrected chi connectivity index (χ3v) is 3.96. The van der Waals surface area contributed by atoms with Gasteiger partial charge in [-0.1, -0.05) is 18.2 Å². The predicted molar refractivity (Wildman–Crippen MR) is 67.5 cm³/mol. The average Bonchev–Trinajstić information content (AvgIpc) is 2.64. The smallest absolute Gasteiger partial charge is 0.0482 e. The molecule has 0 aliphatic heterocycles. The van der Waals surface area contributed by atoms with E-state index in [1.807, 2.05) is 0 Å². The van der Waals surface area contributed by atoms with Crippen LogP contribution in [0.1, 0.15) is 17.7 Å². The van der Waals surface area contributed by atoms with Crippen LogP contribution in [-0.2, 0) is 19.9 Å². The van der Waals surface area contributed by atoms with Crippen LogP contribution < -0.4 is 5.73 Å². The molecule has 0 fully saturated rings. The van der Waals surface area contributed by atoms with Gasteiger partial charge in [-0.25, -0.2) is 0 Å². The molecule has 1 aliphatic carbocycles. The van der Waals surface area contributed by atoms with E-state index >= 15 is 0 Å². The Balaban J connectivity index is 2.21. The fourth-order valence-corrected chi connectivity index (χ4v) is 3.00. The lowest BCUT2D eigenvalue weighted by Gasteiger charge is -2.21. The molecule has 3 rings (SSSR count). The summed E-state index contributed by atoms with van der Waals surface area (Å²) in [6.45, 7) is 0.822. The van der Waals surface area contributed by atoms with E-state index in [-0.39, 0.29) is 0 Å². The Kier molecular flexibility index (Phi) is 2.25. The predicted octanol–water partition coefficient (Wildman–Crippen LogP) is 2.24. The minimum absolute atomic E-state index is 0.679. The molecule has 1 aromatic heterocycles. The molecule has 2 aromatic rings. The van der Waals surface area contributed by atoms with Crippen LogP contribution in [0, 0.1) is 5.92 Å². The van der Waals surface area contributed by atoms with Gasteiger partial charge in [0.05, 0.1) is 0 Å². The average molecular weight is 214 g/mol. The number of hydrogen-bond acceptors (Lipinski definition) is 1. The van der Waals surface area contributed by atoms with Crippen LogP contribution in [-0.4, -0.2) is 11.1 Å². The van der Waals surface area contributed by atoms with E-state index in [0.717, 1.165) is 13.0 Å². The van der Waals surface area contributed by atoms with E-state index < -0.39 is 0 Å². The molecule has 1 atom stereocenters. The van der Waals surface area contributed by atoms with Crippen molar-refractivity contribution in [3.63, 3.8) is 0 Å². The number of aromatic nitrogens is 1. The third kappa shape index (κ3) is 1.30. The minimum atomic E-state index is 0.679. The number of nitrogens with zero attached hydrogens (tertiary/aromatic N) is 1. The van der Waals surface area contributed by atoms with Gasteiger partial charge < -0.3 is 10.3 Å². The van der Waals surface area contributed by atoms with E-state index in [1.54, 1.807) is 5.56 Å². The summed E-state index contributed by atoms with van der Waals surface area (Å²) in [6.07, 6.45) is 3.59. The molecular weight excluding hydrogens is 196 g/mol. The molecule has 0 saturated carbocycles. The third-order valence-electron chi connectivity index (χ3n) is 3.96. The zero-order valence-electron chi connectivity index (χ0n) is 9.74. The molecule has 16 heavy (non-hydrogen) atoms. The highest BCUT2D eigenvalue weighted by Crippen LogP contribution is 2.33. The quantitative estimate of drug-likeness (QED) is 0.775. The van der Waals surface area contributed by atoms with Gasteiger partial charge in [-0.3, -0.25) is 0 Å². The standard InChI is InChI=1S/C14H18N2/c1-16-13-5-3-2-4-11(13)12-8-10(9-15)6-7-14(12)16/h2-5,10H,6-9,15H2,1H3. The van der Waals surface area contributed by atoms with Crippen molar-refractivity contribution in [3.05, 3.63) is 35.5 Å². The molecule has 0 bridgehead atoms. The Morgan fingerprint density at radius 1 is 1.38 bits per heavy atom. The first-order valence-electron chi connectivity index (χ1n) is 6.06. The van der Waals surface area contributed by atoms with Crippen molar-refractivity contribution in [2.45, 2.75) is 19.3 Å². The molecule has 0 radical (unpaired) electrons. The molecule has 84 valence electrons. The molecule has 1 unspecified atom stereocenters. The maximum atomic E-state index is 5.80. The van der Waals surface area contributed by atoms with Gasteiger partial charge >= 0.3 is 0 Å². The number of benzene rings is 1. The summed E-state index contributed by atoms with van der Waals surface area (Å²) in [5.74, 6) is 0.679. The first-order valence-corrected chi connectivity index (χ1v) is 6.06. The van der Waals surface area contributed by atoms with Crippen LogP contribution in [0.5, 0.6) is 0 Å². The zero-order chi connectivity index (χ0) is 11.1. The molecule has 1 heterocycles. The number of hydrogen-bond donors (Lipinski definition) is 1. The van der Waals surface area contributed by atoms with E-state index in [4.69, 9.17) is 5.73 Å². The second-order valence-corrected chi connectivity index (χ2v) is 4.85. The number of fused-ring (bicyclic) bond motifs is 3. The first kappa shape index (κ1) is 9.91. The highest BCUT2D eigenvalue weighted by atomic mass is 15.0. The number of nitrogens with two attached hydrogens (primary N) is 1. The van der Waals surface area contributed by atoms with Crippen molar-refractivity contribution >= 4 is 10.9 Å². The molecule has 2 heteroatoms. The normalized spacial score (nSPS) is 20.0. The SMILES string of the molecule is Cn1c2c(c3ccccc31)CC(CN)CC2. The van der Waals surface area contributed by atoms with Crippen LogP contribution in [0.3, 0.4) is 0 Å². The van der Waals surface area contributed by atoms with Crippen molar-refractivity contribution in [3.8, 4) is 0 Å². The lowest BCUT2D eigenvalue weighted by atomic mass is 9.86. The van der Waals surface area contributed by atoms with Crippen LogP contribution in [0.2, 0.25) is 0 Å². The van der Waals surface area contributed by atoms with E-state index in [0.29, 0.717) is 5.92 Å². The maximum Gasteiger partial charge on any atom is 0.0482 e. The summed E-state index contributed by atoms with van der Waals surface area (Å²) in [5.41, 5.74) is 10.2. The van der Waals surface area contributed by atoms with Crippen molar-refractivity contribution in [1.82, 2.24) is 4.57 Å². The number of rotatable bonds is 1. The van der Waals surface area contributed by atoms with Gasteiger partial charge in [-0.15, -0.1) is 0 Å². The van der Waals surface area contributed by atoms with Crippen molar-refractivity contribution in [2.24, 2.45) is 18.7 Å². The van der Waals surface area contributed by atoms with Gasteiger partial charge in [0.25, 0.3) is 0 Å². The molecule has 0 amide bonds. The van der Waals surface area contributed by atoms with E-state index in [2.05, 4.69) is 35.9 Å². The second kappa shape index (κ2) is 3.63. The Bertz CT molecular complexity index is 525. The number of aryl methyl sites for hydroxylation is 1.